The van der Waals surface area contributed by atoms with E-state index < -0.39 is 5.82 Å². The van der Waals surface area contributed by atoms with Crippen LogP contribution < -0.4 is 5.32 Å². The third-order valence-corrected chi connectivity index (χ3v) is 12.6. The number of ether oxygens (including phenoxy) is 1. The van der Waals surface area contributed by atoms with Crippen molar-refractivity contribution >= 4 is 50.9 Å². The van der Waals surface area contributed by atoms with Crippen LogP contribution in [0.3, 0.4) is 0 Å². The summed E-state index contributed by atoms with van der Waals surface area (Å²) in [7, 11) is 0. The van der Waals surface area contributed by atoms with Gasteiger partial charge in [0.1, 0.15) is 5.52 Å². The molecule has 0 radical (unpaired) electrons. The van der Waals surface area contributed by atoms with Crippen LogP contribution in [0.4, 0.5) is 4.39 Å². The molecule has 11 rings (SSSR count). The Morgan fingerprint density at radius 2 is 1.94 bits per heavy atom. The van der Waals surface area contributed by atoms with Crippen LogP contribution in [-0.2, 0) is 16.0 Å². The number of aromatic nitrogens is 2. The van der Waals surface area contributed by atoms with Crippen molar-refractivity contribution in [2.24, 2.45) is 17.8 Å². The van der Waals surface area contributed by atoms with Crippen molar-refractivity contribution in [2.45, 2.75) is 101 Å². The van der Waals surface area contributed by atoms with Crippen molar-refractivity contribution in [1.29, 1.82) is 5.26 Å². The average Bonchev–Trinajstić information content (AvgIpc) is 3.77. The van der Waals surface area contributed by atoms with E-state index in [0.717, 1.165) is 67.1 Å². The second-order valence-electron chi connectivity index (χ2n) is 15.2. The lowest BCUT2D eigenvalue weighted by Gasteiger charge is -2.39. The largest absolute Gasteiger partial charge is 0.375 e. The molecule has 5 heterocycles. The summed E-state index contributed by atoms with van der Waals surface area (Å²) in [6.45, 7) is 3.20. The molecule has 1 amide bonds. The lowest BCUT2D eigenvalue weighted by Crippen LogP contribution is -2.45. The number of amides is 1. The number of carbonyl (C=O) groups is 1. The number of piperidine rings is 1. The van der Waals surface area contributed by atoms with E-state index >= 15 is 4.39 Å². The van der Waals surface area contributed by atoms with Crippen LogP contribution in [0.2, 0.25) is 10.0 Å². The number of nitrogens with zero attached hydrogens (tertiary/aromatic N) is 3. The van der Waals surface area contributed by atoms with Crippen molar-refractivity contribution in [3.8, 4) is 17.2 Å². The highest BCUT2D eigenvalue weighted by atomic mass is 35.5. The number of aryl methyl sites for hydroxylation is 2. The molecule has 2 aromatic carbocycles. The monoisotopic (exact) mass is 699 g/mol. The Morgan fingerprint density at radius 1 is 1.12 bits per heavy atom. The van der Waals surface area contributed by atoms with Crippen molar-refractivity contribution < 1.29 is 13.9 Å². The molecule has 0 spiro atoms. The summed E-state index contributed by atoms with van der Waals surface area (Å²) in [4.78, 5) is 24.2. The van der Waals surface area contributed by atoms with Gasteiger partial charge in [-0.15, -0.1) is 0 Å². The minimum absolute atomic E-state index is 0.107. The molecule has 2 aromatic heterocycles. The maximum atomic E-state index is 16.6. The summed E-state index contributed by atoms with van der Waals surface area (Å²) >= 11 is 12.9. The fourth-order valence-corrected chi connectivity index (χ4v) is 9.37. The molecule has 4 saturated carbocycles. The van der Waals surface area contributed by atoms with Gasteiger partial charge in [-0.1, -0.05) is 35.3 Å². The summed E-state index contributed by atoms with van der Waals surface area (Å²) in [5, 5.41) is 14.9. The van der Waals surface area contributed by atoms with Gasteiger partial charge >= 0.3 is 0 Å². The zero-order valence-corrected chi connectivity index (χ0v) is 29.1. The summed E-state index contributed by atoms with van der Waals surface area (Å²) in [5.41, 5.74) is 4.15. The van der Waals surface area contributed by atoms with Crippen molar-refractivity contribution in [1.82, 2.24) is 20.2 Å². The van der Waals surface area contributed by atoms with Crippen molar-refractivity contribution in [3.05, 3.63) is 63.1 Å². The van der Waals surface area contributed by atoms with Gasteiger partial charge < -0.3 is 19.9 Å². The van der Waals surface area contributed by atoms with Crippen LogP contribution in [0, 0.1) is 41.8 Å². The minimum Gasteiger partial charge on any atom is -0.375 e. The van der Waals surface area contributed by atoms with Gasteiger partial charge in [0.15, 0.2) is 5.82 Å². The smallest absolute Gasteiger partial charge is 0.226 e. The van der Waals surface area contributed by atoms with Gasteiger partial charge in [-0.25, -0.2) is 9.37 Å². The van der Waals surface area contributed by atoms with Gasteiger partial charge in [-0.3, -0.25) is 4.79 Å². The van der Waals surface area contributed by atoms with Crippen molar-refractivity contribution in [2.75, 3.05) is 6.54 Å². The van der Waals surface area contributed by atoms with Gasteiger partial charge in [-0.05, 0) is 101 Å². The van der Waals surface area contributed by atoms with Crippen LogP contribution in [-0.4, -0.2) is 51.6 Å². The molecule has 3 saturated heterocycles. The first-order valence-electron chi connectivity index (χ1n) is 18.0. The predicted octanol–water partition coefficient (Wildman–Crippen LogP) is 8.58. The highest BCUT2D eigenvalue weighted by Crippen LogP contribution is 2.54. The first-order valence-corrected chi connectivity index (χ1v) is 18.7. The quantitative estimate of drug-likeness (QED) is 0.202. The average molecular weight is 701 g/mol. The molecule has 7 aliphatic rings. The SMILES string of the molecule is C1NC2CC1C2.Cc1nc2c(F)c(-c3cccc(Cl)c3Cl)c(CCC#N)cc2c2[nH]c(C3C4CC(CC4OC4CC4)N3C(=O)C3CC3)cc12. The number of pyridine rings is 1. The lowest BCUT2D eigenvalue weighted by molar-refractivity contribution is -0.140. The number of halogens is 3. The topological polar surface area (TPSA) is 94.0 Å². The number of nitriles is 1. The second-order valence-corrected chi connectivity index (χ2v) is 15.9. The number of nitrogens with one attached hydrogen (secondary N) is 2. The molecule has 4 bridgehead atoms. The second kappa shape index (κ2) is 12.2. The number of likely N-dealkylation sites (tertiary alicyclic amines) is 1. The Bertz CT molecular complexity index is 2010. The van der Waals surface area contributed by atoms with E-state index in [9.17, 15) is 10.1 Å². The van der Waals surface area contributed by atoms with Gasteiger partial charge in [0, 0.05) is 63.6 Å². The Balaban J connectivity index is 0.000000484. The standard InChI is InChI=1S/C34H31Cl2FN4O2.C5H9N/c1-16-22-15-26(33-23-13-19(14-27(23)43-20-9-10-20)41(33)34(42)17-7-8-17)40-31(22)24-12-18(4-3-11-38)28(30(37)32(24)39-16)21-5-2-6-25(35)29(21)36;1-4-2-5(1)6-3-4/h2,5-6,12,15,17,19-20,23,27,33,40H,3-4,7-10,13-14H2,1H3;4-6H,1-3H2. The first kappa shape index (κ1) is 31.7. The molecule has 7 fully saturated rings. The molecule has 254 valence electrons. The lowest BCUT2D eigenvalue weighted by atomic mass is 9.87. The molecule has 4 aromatic rings. The zero-order valence-electron chi connectivity index (χ0n) is 27.6. The van der Waals surface area contributed by atoms with Crippen molar-refractivity contribution in [3.63, 3.8) is 0 Å². The fraction of sp³-hybridized carbons (Fsp3) is 0.513. The van der Waals surface area contributed by atoms with E-state index in [2.05, 4.69) is 27.3 Å². The number of hydrogen-bond donors (Lipinski definition) is 2. The molecular formula is C39H40Cl2FN5O2. The number of fused-ring (bicyclic) bond motifs is 6. The summed E-state index contributed by atoms with van der Waals surface area (Å²) in [5.74, 6) is 1.20. The third kappa shape index (κ3) is 5.53. The van der Waals surface area contributed by atoms with Crippen LogP contribution in [0.5, 0.6) is 0 Å². The Labute approximate surface area is 295 Å². The highest BCUT2D eigenvalue weighted by molar-refractivity contribution is 6.43. The Morgan fingerprint density at radius 3 is 2.61 bits per heavy atom. The van der Waals surface area contributed by atoms with E-state index in [1.54, 1.807) is 18.2 Å². The number of H-pyrrole nitrogens is 1. The van der Waals surface area contributed by atoms with Gasteiger partial charge in [0.25, 0.3) is 0 Å². The number of rotatable bonds is 7. The van der Waals surface area contributed by atoms with E-state index in [4.69, 9.17) is 32.9 Å². The normalized spacial score (nSPS) is 28.1. The zero-order chi connectivity index (χ0) is 33.6. The van der Waals surface area contributed by atoms with Gasteiger partial charge in [0.05, 0.1) is 39.9 Å². The Hall–Kier alpha value is -3.22. The first-order chi connectivity index (χ1) is 23.8. The van der Waals surface area contributed by atoms with E-state index in [1.165, 1.54) is 19.4 Å². The number of benzene rings is 2. The predicted molar refractivity (Wildman–Crippen MR) is 189 cm³/mol. The molecule has 7 nitrogen and oxygen atoms in total. The summed E-state index contributed by atoms with van der Waals surface area (Å²) in [6.07, 6.45) is 10.0. The van der Waals surface area contributed by atoms with Crippen LogP contribution in [0.25, 0.3) is 32.9 Å². The van der Waals surface area contributed by atoms with E-state index in [0.29, 0.717) is 45.3 Å². The minimum atomic E-state index is -0.487. The molecule has 4 atom stereocenters. The van der Waals surface area contributed by atoms with Gasteiger partial charge in [-0.2, -0.15) is 5.26 Å². The molecule has 49 heavy (non-hydrogen) atoms. The number of aromatic amines is 1. The molecule has 2 N–H and O–H groups in total. The Kier molecular flexibility index (Phi) is 7.92. The maximum absolute atomic E-state index is 16.6. The molecular weight excluding hydrogens is 660 g/mol. The number of carbonyl (C=O) groups excluding carboxylic acids is 1. The summed E-state index contributed by atoms with van der Waals surface area (Å²) < 4.78 is 23.1. The third-order valence-electron chi connectivity index (χ3n) is 11.8. The molecule has 4 aliphatic carbocycles. The van der Waals surface area contributed by atoms with Gasteiger partial charge in [0.2, 0.25) is 5.91 Å². The maximum Gasteiger partial charge on any atom is 0.226 e. The fourth-order valence-electron chi connectivity index (χ4n) is 8.98. The van der Waals surface area contributed by atoms with Crippen LogP contribution in [0.15, 0.2) is 30.3 Å². The highest BCUT2D eigenvalue weighted by Gasteiger charge is 2.57. The molecule has 4 unspecified atom stereocenters. The van der Waals surface area contributed by atoms with Crippen LogP contribution >= 0.6 is 23.2 Å². The summed E-state index contributed by atoms with van der Waals surface area (Å²) in [6, 6.07) is 12.4. The van der Waals surface area contributed by atoms with E-state index in [1.807, 2.05) is 13.0 Å². The number of hydrogen-bond acceptors (Lipinski definition) is 5. The van der Waals surface area contributed by atoms with Crippen LogP contribution in [0.1, 0.15) is 80.8 Å². The van der Waals surface area contributed by atoms with E-state index in [-0.39, 0.29) is 52.9 Å². The molecule has 10 heteroatoms. The molecule has 3 aliphatic heterocycles.